The fraction of sp³-hybridized carbons (Fsp3) is 0.500. The second kappa shape index (κ2) is 6.29. The van der Waals surface area contributed by atoms with Gasteiger partial charge in [-0.15, -0.1) is 0 Å². The van der Waals surface area contributed by atoms with Gasteiger partial charge in [0, 0.05) is 42.0 Å². The molecule has 0 radical (unpaired) electrons. The molecule has 18 heavy (non-hydrogen) atoms. The first kappa shape index (κ1) is 14.4. The second-order valence-electron chi connectivity index (χ2n) is 3.86. The lowest BCUT2D eigenvalue weighted by molar-refractivity contribution is -0.384. The number of rotatable bonds is 6. The summed E-state index contributed by atoms with van der Waals surface area (Å²) < 4.78 is 11.1. The van der Waals surface area contributed by atoms with Crippen LogP contribution < -0.4 is 10.6 Å². The Labute approximate surface area is 108 Å². The largest absolute Gasteiger partial charge is 0.373 e. The topological polar surface area (TPSA) is 97.2 Å². The minimum atomic E-state index is -0.970. The third-order valence-corrected chi connectivity index (χ3v) is 3.16. The van der Waals surface area contributed by atoms with Crippen molar-refractivity contribution in [1.82, 2.24) is 4.98 Å². The van der Waals surface area contributed by atoms with Crippen molar-refractivity contribution in [2.24, 2.45) is 0 Å². The van der Waals surface area contributed by atoms with Crippen LogP contribution in [0.1, 0.15) is 6.92 Å². The molecule has 2 unspecified atom stereocenters. The van der Waals surface area contributed by atoms with Crippen molar-refractivity contribution in [2.75, 3.05) is 29.7 Å². The molecule has 0 saturated carbocycles. The van der Waals surface area contributed by atoms with Gasteiger partial charge in [0.25, 0.3) is 0 Å². The van der Waals surface area contributed by atoms with E-state index in [9.17, 15) is 14.3 Å². The molecule has 1 aromatic heterocycles. The molecule has 100 valence electrons. The number of pyridine rings is 1. The van der Waals surface area contributed by atoms with E-state index in [4.69, 9.17) is 0 Å². The zero-order chi connectivity index (χ0) is 13.7. The number of nitrogens with zero attached hydrogens (tertiary/aromatic N) is 2. The van der Waals surface area contributed by atoms with Crippen LogP contribution in [0.3, 0.4) is 0 Å². The molecule has 7 nitrogen and oxygen atoms in total. The van der Waals surface area contributed by atoms with Gasteiger partial charge >= 0.3 is 5.69 Å². The highest BCUT2D eigenvalue weighted by Crippen LogP contribution is 2.24. The summed E-state index contributed by atoms with van der Waals surface area (Å²) in [7, 11) is 0.713. The zero-order valence-corrected chi connectivity index (χ0v) is 11.3. The van der Waals surface area contributed by atoms with Crippen LogP contribution in [0.25, 0.3) is 0 Å². The van der Waals surface area contributed by atoms with Gasteiger partial charge in [-0.1, -0.05) is 0 Å². The number of nitro groups is 1. The Bertz CT molecular complexity index is 466. The van der Waals surface area contributed by atoms with Crippen molar-refractivity contribution < 1.29 is 9.13 Å². The maximum atomic E-state index is 11.1. The van der Waals surface area contributed by atoms with E-state index >= 15 is 0 Å². The number of anilines is 2. The quantitative estimate of drug-likeness (QED) is 0.596. The Balaban J connectivity index is 2.96. The van der Waals surface area contributed by atoms with Crippen LogP contribution in [0.2, 0.25) is 0 Å². The van der Waals surface area contributed by atoms with Gasteiger partial charge in [-0.2, -0.15) is 0 Å². The van der Waals surface area contributed by atoms with Crippen molar-refractivity contribution >= 4 is 28.1 Å². The molecule has 8 heteroatoms. The van der Waals surface area contributed by atoms with Crippen LogP contribution in [0.5, 0.6) is 0 Å². The average molecular weight is 272 g/mol. The molecule has 1 rings (SSSR count). The van der Waals surface area contributed by atoms with Gasteiger partial charge in [-0.25, -0.2) is 4.98 Å². The summed E-state index contributed by atoms with van der Waals surface area (Å²) >= 11 is 0. The van der Waals surface area contributed by atoms with E-state index in [-0.39, 0.29) is 17.5 Å². The van der Waals surface area contributed by atoms with Gasteiger partial charge < -0.3 is 10.6 Å². The lowest BCUT2D eigenvalue weighted by atomic mass is 10.3. The fourth-order valence-electron chi connectivity index (χ4n) is 1.47. The molecular weight excluding hydrogens is 256 g/mol. The van der Waals surface area contributed by atoms with Gasteiger partial charge in [0.2, 0.25) is 5.82 Å². The van der Waals surface area contributed by atoms with Gasteiger partial charge in [0.1, 0.15) is 5.82 Å². The summed E-state index contributed by atoms with van der Waals surface area (Å²) in [4.78, 5) is 14.5. The molecule has 0 amide bonds. The van der Waals surface area contributed by atoms with Gasteiger partial charge in [-0.05, 0) is 13.0 Å². The number of nitrogens with one attached hydrogen (secondary N) is 2. The summed E-state index contributed by atoms with van der Waals surface area (Å²) in [6, 6.07) is 2.76. The normalized spacial score (nSPS) is 13.7. The van der Waals surface area contributed by atoms with Crippen molar-refractivity contribution in [3.8, 4) is 0 Å². The van der Waals surface area contributed by atoms with Crippen molar-refractivity contribution in [1.29, 1.82) is 0 Å². The number of hydrogen-bond acceptors (Lipinski definition) is 6. The van der Waals surface area contributed by atoms with Crippen LogP contribution >= 0.6 is 0 Å². The number of aromatic nitrogens is 1. The monoisotopic (exact) mass is 272 g/mol. The Morgan fingerprint density at radius 3 is 2.72 bits per heavy atom. The summed E-state index contributed by atoms with van der Waals surface area (Å²) in [5, 5.41) is 16.6. The van der Waals surface area contributed by atoms with Crippen LogP contribution in [0.4, 0.5) is 17.3 Å². The number of hydrogen-bond donors (Lipinski definition) is 2. The van der Waals surface area contributed by atoms with E-state index in [0.717, 1.165) is 0 Å². The molecule has 0 aromatic carbocycles. The molecule has 1 heterocycles. The molecule has 1 aromatic rings. The highest BCUT2D eigenvalue weighted by molar-refractivity contribution is 7.84. The minimum Gasteiger partial charge on any atom is -0.373 e. The minimum absolute atomic E-state index is 0.0947. The Morgan fingerprint density at radius 2 is 2.22 bits per heavy atom. The lowest BCUT2D eigenvalue weighted by Crippen LogP contribution is -2.23. The second-order valence-corrected chi connectivity index (χ2v) is 5.34. The average Bonchev–Trinajstić information content (AvgIpc) is 2.27. The van der Waals surface area contributed by atoms with E-state index in [1.807, 2.05) is 0 Å². The van der Waals surface area contributed by atoms with E-state index in [1.165, 1.54) is 12.1 Å². The van der Waals surface area contributed by atoms with Crippen LogP contribution in [-0.2, 0) is 10.8 Å². The Kier molecular flexibility index (Phi) is 5.02. The molecule has 0 aliphatic rings. The van der Waals surface area contributed by atoms with E-state index in [0.29, 0.717) is 11.6 Å². The first-order valence-electron chi connectivity index (χ1n) is 5.33. The Morgan fingerprint density at radius 1 is 1.56 bits per heavy atom. The van der Waals surface area contributed by atoms with Gasteiger partial charge in [0.05, 0.1) is 4.92 Å². The first-order chi connectivity index (χ1) is 8.43. The molecule has 0 spiro atoms. The van der Waals surface area contributed by atoms with Crippen molar-refractivity contribution in [3.63, 3.8) is 0 Å². The van der Waals surface area contributed by atoms with Gasteiger partial charge in [0.15, 0.2) is 0 Å². The van der Waals surface area contributed by atoms with Crippen LogP contribution in [0, 0.1) is 10.1 Å². The summed E-state index contributed by atoms with van der Waals surface area (Å²) in [6.07, 6.45) is 1.59. The molecule has 2 atom stereocenters. The molecule has 0 aliphatic heterocycles. The molecule has 2 N–H and O–H groups in total. The highest BCUT2D eigenvalue weighted by Gasteiger charge is 2.17. The highest BCUT2D eigenvalue weighted by atomic mass is 32.2. The Hall–Kier alpha value is -1.70. The summed E-state index contributed by atoms with van der Waals surface area (Å²) in [5.74, 6) is 1.13. The first-order valence-corrected chi connectivity index (χ1v) is 7.06. The third kappa shape index (κ3) is 3.95. The van der Waals surface area contributed by atoms with Gasteiger partial charge in [-0.3, -0.25) is 14.3 Å². The smallest absolute Gasteiger partial charge is 0.311 e. The molecule has 0 fully saturated rings. The standard InChI is InChI=1S/C10H16N4O3S/c1-7(6-18(3)17)12-10-8(14(15)16)4-5-9(11-2)13-10/h4-5,7H,6H2,1-3H3,(H2,11,12,13). The van der Waals surface area contributed by atoms with E-state index < -0.39 is 15.7 Å². The summed E-state index contributed by atoms with van der Waals surface area (Å²) in [6.45, 7) is 1.80. The lowest BCUT2D eigenvalue weighted by Gasteiger charge is -2.13. The SMILES string of the molecule is CNc1ccc([N+](=O)[O-])c(NC(C)CS(C)=O)n1. The maximum Gasteiger partial charge on any atom is 0.311 e. The van der Waals surface area contributed by atoms with Crippen molar-refractivity contribution in [3.05, 3.63) is 22.2 Å². The molecular formula is C10H16N4O3S. The van der Waals surface area contributed by atoms with E-state index in [2.05, 4.69) is 15.6 Å². The molecule has 0 bridgehead atoms. The van der Waals surface area contributed by atoms with E-state index in [1.54, 1.807) is 20.2 Å². The zero-order valence-electron chi connectivity index (χ0n) is 10.5. The fourth-order valence-corrected chi connectivity index (χ4v) is 2.26. The third-order valence-electron chi connectivity index (χ3n) is 2.19. The van der Waals surface area contributed by atoms with Crippen molar-refractivity contribution in [2.45, 2.75) is 13.0 Å². The molecule has 0 saturated heterocycles. The maximum absolute atomic E-state index is 11.1. The summed E-state index contributed by atoms with van der Waals surface area (Å²) in [5.41, 5.74) is -0.0947. The predicted octanol–water partition coefficient (Wildman–Crippen LogP) is 1.21. The van der Waals surface area contributed by atoms with Crippen LogP contribution in [0.15, 0.2) is 12.1 Å². The van der Waals surface area contributed by atoms with Crippen LogP contribution in [-0.4, -0.2) is 39.2 Å². The predicted molar refractivity (Wildman–Crippen MR) is 72.5 cm³/mol. The molecule has 0 aliphatic carbocycles.